The highest BCUT2D eigenvalue weighted by Gasteiger charge is 2.32. The molecule has 2 rings (SSSR count). The van der Waals surface area contributed by atoms with Crippen LogP contribution in [-0.2, 0) is 6.54 Å². The van der Waals surface area contributed by atoms with Gasteiger partial charge in [0.1, 0.15) is 6.54 Å². The van der Waals surface area contributed by atoms with Gasteiger partial charge in [0.25, 0.3) is 0 Å². The standard InChI is InChI=1S/C15H20BrF3N2/c1-10(2)21(9-15(17,18)19)13-6-3-11(14(16)7-13)8-20-12-4-5-12/h3,6-7,10,12,20H,4-5,8-9H2,1-2H3. The van der Waals surface area contributed by atoms with E-state index in [2.05, 4.69) is 21.2 Å². The van der Waals surface area contributed by atoms with E-state index in [-0.39, 0.29) is 6.04 Å². The first kappa shape index (κ1) is 16.6. The lowest BCUT2D eigenvalue weighted by molar-refractivity contribution is -0.120. The summed E-state index contributed by atoms with van der Waals surface area (Å²) in [6, 6.07) is 5.82. The topological polar surface area (TPSA) is 15.3 Å². The zero-order valence-electron chi connectivity index (χ0n) is 12.2. The molecular formula is C15H20BrF3N2. The summed E-state index contributed by atoms with van der Waals surface area (Å²) < 4.78 is 38.9. The van der Waals surface area contributed by atoms with Crippen LogP contribution in [0.3, 0.4) is 0 Å². The molecule has 1 aromatic rings. The molecule has 21 heavy (non-hydrogen) atoms. The molecule has 1 N–H and O–H groups in total. The Morgan fingerprint density at radius 3 is 2.48 bits per heavy atom. The monoisotopic (exact) mass is 364 g/mol. The van der Waals surface area contributed by atoms with Gasteiger partial charge in [-0.2, -0.15) is 13.2 Å². The minimum absolute atomic E-state index is 0.214. The highest BCUT2D eigenvalue weighted by molar-refractivity contribution is 9.10. The minimum atomic E-state index is -4.21. The van der Waals surface area contributed by atoms with Crippen molar-refractivity contribution >= 4 is 21.6 Å². The molecule has 0 heterocycles. The number of nitrogens with zero attached hydrogens (tertiary/aromatic N) is 1. The van der Waals surface area contributed by atoms with Gasteiger partial charge >= 0.3 is 6.18 Å². The molecule has 0 radical (unpaired) electrons. The van der Waals surface area contributed by atoms with Crippen molar-refractivity contribution in [2.24, 2.45) is 0 Å². The van der Waals surface area contributed by atoms with Gasteiger partial charge in [0, 0.05) is 28.8 Å². The molecule has 0 spiro atoms. The van der Waals surface area contributed by atoms with Gasteiger partial charge in [-0.1, -0.05) is 22.0 Å². The van der Waals surface area contributed by atoms with Crippen molar-refractivity contribution in [3.05, 3.63) is 28.2 Å². The van der Waals surface area contributed by atoms with Crippen LogP contribution >= 0.6 is 15.9 Å². The maximum absolute atomic E-state index is 12.7. The molecule has 2 nitrogen and oxygen atoms in total. The number of hydrogen-bond acceptors (Lipinski definition) is 2. The summed E-state index contributed by atoms with van der Waals surface area (Å²) in [6.45, 7) is 3.34. The van der Waals surface area contributed by atoms with Crippen molar-refractivity contribution in [3.63, 3.8) is 0 Å². The number of halogens is 4. The first-order valence-corrected chi connectivity index (χ1v) is 7.91. The predicted octanol–water partition coefficient (Wildman–Crippen LogP) is 4.48. The average Bonchev–Trinajstić information content (AvgIpc) is 3.17. The van der Waals surface area contributed by atoms with Crippen LogP contribution in [0, 0.1) is 0 Å². The number of benzene rings is 1. The van der Waals surface area contributed by atoms with Crippen molar-refractivity contribution in [1.82, 2.24) is 5.32 Å². The number of anilines is 1. The van der Waals surface area contributed by atoms with Crippen molar-refractivity contribution in [3.8, 4) is 0 Å². The van der Waals surface area contributed by atoms with Crippen molar-refractivity contribution in [2.45, 2.75) is 51.5 Å². The fourth-order valence-corrected chi connectivity index (χ4v) is 2.67. The third-order valence-corrected chi connectivity index (χ3v) is 4.24. The quantitative estimate of drug-likeness (QED) is 0.800. The molecule has 0 aliphatic heterocycles. The number of hydrogen-bond donors (Lipinski definition) is 1. The molecule has 0 amide bonds. The molecule has 118 valence electrons. The summed E-state index contributed by atoms with van der Waals surface area (Å²) in [5.74, 6) is 0. The van der Waals surface area contributed by atoms with E-state index in [1.807, 2.05) is 6.07 Å². The largest absolute Gasteiger partial charge is 0.405 e. The third kappa shape index (κ3) is 5.18. The Kier molecular flexibility index (Phi) is 5.20. The first-order valence-electron chi connectivity index (χ1n) is 7.11. The van der Waals surface area contributed by atoms with E-state index in [4.69, 9.17) is 0 Å². The molecule has 6 heteroatoms. The zero-order chi connectivity index (χ0) is 15.6. The summed E-state index contributed by atoms with van der Waals surface area (Å²) in [5.41, 5.74) is 1.66. The van der Waals surface area contributed by atoms with E-state index >= 15 is 0 Å². The Hall–Kier alpha value is -0.750. The maximum Gasteiger partial charge on any atom is 0.405 e. The van der Waals surface area contributed by atoms with Crippen LogP contribution < -0.4 is 10.2 Å². The summed E-state index contributed by atoms with van der Waals surface area (Å²) in [6.07, 6.45) is -1.78. The second kappa shape index (κ2) is 6.57. The van der Waals surface area contributed by atoms with E-state index in [1.54, 1.807) is 26.0 Å². The normalized spacial score (nSPS) is 15.6. The third-order valence-electron chi connectivity index (χ3n) is 3.50. The number of rotatable bonds is 6. The molecule has 1 saturated carbocycles. The zero-order valence-corrected chi connectivity index (χ0v) is 13.8. The molecule has 1 aliphatic carbocycles. The first-order chi connectivity index (χ1) is 9.76. The Morgan fingerprint density at radius 1 is 1.33 bits per heavy atom. The Morgan fingerprint density at radius 2 is 2.00 bits per heavy atom. The lowest BCUT2D eigenvalue weighted by atomic mass is 10.1. The Labute approximate surface area is 131 Å². The lowest BCUT2D eigenvalue weighted by Crippen LogP contribution is -2.39. The molecule has 0 bridgehead atoms. The molecule has 0 aromatic heterocycles. The summed E-state index contributed by atoms with van der Waals surface area (Å²) in [7, 11) is 0. The van der Waals surface area contributed by atoms with Crippen molar-refractivity contribution in [1.29, 1.82) is 0 Å². The van der Waals surface area contributed by atoms with Gasteiger partial charge < -0.3 is 10.2 Å². The Balaban J connectivity index is 2.11. The van der Waals surface area contributed by atoms with E-state index in [0.29, 0.717) is 11.7 Å². The van der Waals surface area contributed by atoms with Gasteiger partial charge in [-0.25, -0.2) is 0 Å². The molecular weight excluding hydrogens is 345 g/mol. The van der Waals surface area contributed by atoms with Gasteiger partial charge in [-0.05, 0) is 44.4 Å². The van der Waals surface area contributed by atoms with Crippen LogP contribution in [0.15, 0.2) is 22.7 Å². The number of alkyl halides is 3. The van der Waals surface area contributed by atoms with Crippen LogP contribution in [0.1, 0.15) is 32.3 Å². The maximum atomic E-state index is 12.7. The second-order valence-electron chi connectivity index (χ2n) is 5.77. The molecule has 1 fully saturated rings. The van der Waals surface area contributed by atoms with Gasteiger partial charge in [-0.15, -0.1) is 0 Å². The van der Waals surface area contributed by atoms with Gasteiger partial charge in [-0.3, -0.25) is 0 Å². The minimum Gasteiger partial charge on any atom is -0.360 e. The van der Waals surface area contributed by atoms with E-state index in [0.717, 1.165) is 16.6 Å². The fourth-order valence-electron chi connectivity index (χ4n) is 2.17. The van der Waals surface area contributed by atoms with Crippen LogP contribution in [0.5, 0.6) is 0 Å². The van der Waals surface area contributed by atoms with Crippen LogP contribution in [-0.4, -0.2) is 24.8 Å². The number of nitrogens with one attached hydrogen (secondary N) is 1. The summed E-state index contributed by atoms with van der Waals surface area (Å²) in [5, 5.41) is 3.40. The average molecular weight is 365 g/mol. The molecule has 1 aliphatic rings. The summed E-state index contributed by atoms with van der Waals surface area (Å²) in [4.78, 5) is 1.36. The van der Waals surface area contributed by atoms with E-state index < -0.39 is 12.7 Å². The van der Waals surface area contributed by atoms with Crippen molar-refractivity contribution < 1.29 is 13.2 Å². The molecule has 0 saturated heterocycles. The fraction of sp³-hybridized carbons (Fsp3) is 0.600. The van der Waals surface area contributed by atoms with Crippen LogP contribution in [0.2, 0.25) is 0 Å². The highest BCUT2D eigenvalue weighted by atomic mass is 79.9. The SMILES string of the molecule is CC(C)N(CC(F)(F)F)c1ccc(CNC2CC2)c(Br)c1. The second-order valence-corrected chi connectivity index (χ2v) is 6.62. The highest BCUT2D eigenvalue weighted by Crippen LogP contribution is 2.29. The van der Waals surface area contributed by atoms with Crippen LogP contribution in [0.4, 0.5) is 18.9 Å². The van der Waals surface area contributed by atoms with Gasteiger partial charge in [0.2, 0.25) is 0 Å². The van der Waals surface area contributed by atoms with E-state index in [1.165, 1.54) is 17.7 Å². The van der Waals surface area contributed by atoms with Crippen molar-refractivity contribution in [2.75, 3.05) is 11.4 Å². The summed E-state index contributed by atoms with van der Waals surface area (Å²) >= 11 is 3.47. The van der Waals surface area contributed by atoms with Gasteiger partial charge in [0.15, 0.2) is 0 Å². The molecule has 0 atom stereocenters. The van der Waals surface area contributed by atoms with Crippen LogP contribution in [0.25, 0.3) is 0 Å². The smallest absolute Gasteiger partial charge is 0.360 e. The van der Waals surface area contributed by atoms with Gasteiger partial charge in [0.05, 0.1) is 0 Å². The molecule has 1 aromatic carbocycles. The predicted molar refractivity (Wildman–Crippen MR) is 82.5 cm³/mol. The molecule has 0 unspecified atom stereocenters. The van der Waals surface area contributed by atoms with E-state index in [9.17, 15) is 13.2 Å². The Bertz CT molecular complexity index is 484. The lowest BCUT2D eigenvalue weighted by Gasteiger charge is -2.30.